The first-order chi connectivity index (χ1) is 55.3. The van der Waals surface area contributed by atoms with E-state index in [2.05, 4.69) is 89.7 Å². The van der Waals surface area contributed by atoms with Crippen molar-refractivity contribution in [1.82, 2.24) is 20.4 Å². The Hall–Kier alpha value is -3.26. The van der Waals surface area contributed by atoms with E-state index in [1.807, 2.05) is 13.8 Å². The van der Waals surface area contributed by atoms with Crippen molar-refractivity contribution in [1.29, 1.82) is 0 Å². The average molecular weight is 1610 g/mol. The Labute approximate surface area is 707 Å². The number of unbranched alkanes of at least 4 members (excludes halogenated alkanes) is 44. The van der Waals surface area contributed by atoms with Crippen LogP contribution in [0.5, 0.6) is 0 Å². The zero-order chi connectivity index (χ0) is 83.9. The molecule has 0 aliphatic rings. The van der Waals surface area contributed by atoms with Gasteiger partial charge >= 0.3 is 23.9 Å². The number of carbonyl (C=O) groups excluding carboxylic acids is 6. The summed E-state index contributed by atoms with van der Waals surface area (Å²) in [5.74, 6) is -0.473. The van der Waals surface area contributed by atoms with Gasteiger partial charge in [-0.3, -0.25) is 28.8 Å². The van der Waals surface area contributed by atoms with Crippen LogP contribution in [0.1, 0.15) is 520 Å². The molecule has 0 aromatic rings. The molecule has 0 radical (unpaired) electrons. The Kier molecular flexibility index (Phi) is 78.5. The third-order valence-corrected chi connectivity index (χ3v) is 24.3. The highest BCUT2D eigenvalue weighted by molar-refractivity contribution is 5.83. The molecule has 2 N–H and O–H groups in total. The number of carbonyl (C=O) groups is 6. The van der Waals surface area contributed by atoms with Crippen LogP contribution in [0.2, 0.25) is 0 Å². The number of esters is 4. The highest BCUT2D eigenvalue weighted by atomic mass is 16.6. The Morgan fingerprint density at radius 3 is 0.781 bits per heavy atom. The van der Waals surface area contributed by atoms with Gasteiger partial charge in [0.25, 0.3) is 0 Å². The van der Waals surface area contributed by atoms with E-state index < -0.39 is 10.8 Å². The van der Waals surface area contributed by atoms with Crippen LogP contribution in [-0.4, -0.2) is 122 Å². The second kappa shape index (κ2) is 80.8. The Balaban J connectivity index is 5.80. The minimum Gasteiger partial charge on any atom is -0.462 e. The lowest BCUT2D eigenvalue weighted by Crippen LogP contribution is -2.38. The Morgan fingerprint density at radius 1 is 0.246 bits per heavy atom. The fourth-order valence-electron chi connectivity index (χ4n) is 16.0. The lowest BCUT2D eigenvalue weighted by molar-refractivity contribution is -0.161. The van der Waals surface area contributed by atoms with Crippen molar-refractivity contribution in [2.45, 2.75) is 544 Å². The van der Waals surface area contributed by atoms with Gasteiger partial charge in [0.2, 0.25) is 11.8 Å². The maximum absolute atomic E-state index is 13.8. The van der Waals surface area contributed by atoms with Gasteiger partial charge in [0, 0.05) is 51.9 Å². The Bertz CT molecular complexity index is 2140. The fourth-order valence-corrected chi connectivity index (χ4v) is 16.0. The lowest BCUT2D eigenvalue weighted by Gasteiger charge is -2.27. The van der Waals surface area contributed by atoms with Crippen LogP contribution >= 0.6 is 0 Å². The monoisotopic (exact) mass is 1610 g/mol. The summed E-state index contributed by atoms with van der Waals surface area (Å²) >= 11 is 0. The van der Waals surface area contributed by atoms with Crippen molar-refractivity contribution in [2.24, 2.45) is 10.8 Å². The number of hydrogen-bond acceptors (Lipinski definition) is 12. The third-order valence-electron chi connectivity index (χ3n) is 24.3. The molecule has 0 rings (SSSR count). The number of amides is 2. The molecule has 0 spiro atoms. The SMILES string of the molecule is CCCCCCCCCC[C@@H](CC)OC(=O)CCCCCN(CCCCCCCC(=O)OC(CCCCCCCC)CCCCCCCC)CCNC(=O)CCC(=O)NCCN(CCCCCCC(C)(C)C(=O)OC(CCCCCCCC)CCCCCCCC)CCCCC(C)(C)C(=O)O[C@H](CC)CCCCCCCCCC. The summed E-state index contributed by atoms with van der Waals surface area (Å²) in [5.41, 5.74) is -1.11. The van der Waals surface area contributed by atoms with Crippen molar-refractivity contribution in [2.75, 3.05) is 52.4 Å². The first-order valence-corrected chi connectivity index (χ1v) is 50.1. The zero-order valence-electron chi connectivity index (χ0n) is 78.0. The molecule has 0 aromatic heterocycles. The van der Waals surface area contributed by atoms with Gasteiger partial charge in [-0.1, -0.05) is 325 Å². The van der Waals surface area contributed by atoms with Crippen molar-refractivity contribution in [3.8, 4) is 0 Å². The zero-order valence-corrected chi connectivity index (χ0v) is 78.0. The topological polar surface area (TPSA) is 170 Å². The number of nitrogens with one attached hydrogen (secondary N) is 2. The minimum absolute atomic E-state index is 0.00799. The maximum Gasteiger partial charge on any atom is 0.311 e. The molecule has 0 aromatic carbocycles. The summed E-state index contributed by atoms with van der Waals surface area (Å²) in [7, 11) is 0. The third kappa shape index (κ3) is 70.6. The predicted octanol–water partition coefficient (Wildman–Crippen LogP) is 28.2. The first-order valence-electron chi connectivity index (χ1n) is 50.1. The van der Waals surface area contributed by atoms with Crippen molar-refractivity contribution in [3.05, 3.63) is 0 Å². The largest absolute Gasteiger partial charge is 0.462 e. The van der Waals surface area contributed by atoms with Crippen LogP contribution in [0, 0.1) is 10.8 Å². The molecule has 2 atom stereocenters. The highest BCUT2D eigenvalue weighted by Crippen LogP contribution is 2.31. The van der Waals surface area contributed by atoms with Crippen LogP contribution in [0.3, 0.4) is 0 Å². The average Bonchev–Trinajstić information content (AvgIpc) is 0.876. The van der Waals surface area contributed by atoms with E-state index in [4.69, 9.17) is 18.9 Å². The van der Waals surface area contributed by atoms with Crippen LogP contribution in [0.25, 0.3) is 0 Å². The van der Waals surface area contributed by atoms with E-state index in [1.54, 1.807) is 0 Å². The lowest BCUT2D eigenvalue weighted by atomic mass is 9.86. The van der Waals surface area contributed by atoms with Crippen LogP contribution in [0.15, 0.2) is 0 Å². The maximum atomic E-state index is 13.8. The minimum atomic E-state index is -0.574. The van der Waals surface area contributed by atoms with Gasteiger partial charge in [-0.15, -0.1) is 0 Å². The van der Waals surface area contributed by atoms with Crippen molar-refractivity contribution < 1.29 is 47.7 Å². The van der Waals surface area contributed by atoms with Crippen LogP contribution in [0.4, 0.5) is 0 Å². The van der Waals surface area contributed by atoms with Gasteiger partial charge in [-0.2, -0.15) is 0 Å². The van der Waals surface area contributed by atoms with E-state index in [0.29, 0.717) is 39.0 Å². The summed E-state index contributed by atoms with van der Waals surface area (Å²) in [5, 5.41) is 6.28. The summed E-state index contributed by atoms with van der Waals surface area (Å²) in [6.07, 6.45) is 74.0. The molecule has 0 saturated heterocycles. The second-order valence-corrected chi connectivity index (χ2v) is 36.4. The van der Waals surface area contributed by atoms with Gasteiger partial charge in [-0.05, 0) is 195 Å². The molecule has 0 aliphatic heterocycles. The molecule has 2 amide bonds. The smallest absolute Gasteiger partial charge is 0.311 e. The number of hydrogen-bond donors (Lipinski definition) is 2. The summed E-state index contributed by atoms with van der Waals surface area (Å²) in [6, 6.07) is 0. The molecule has 0 heterocycles. The standard InChI is InChI=1S/C100H194N4O10/c1-13-21-27-33-39-41-48-55-69-89(19-7)111-95(107)76-62-54-67-85-103(83-65-52-43-50-61-75-96(108)112-91(71-57-44-35-29-23-15-3)72-58-45-36-30-24-16-4)87-81-101-93(105)77-78-94(106)102-82-88-104(86-68-64-80-100(11,12)97(109)113-90(20-8)70-56-49-42-40-34-28-22-14-2)84-66-53-51-63-79-99(9,10)98(110)114-92(73-59-46-37-31-25-17-5)74-60-47-38-32-26-18-6/h89-92H,13-88H2,1-12H3,(H,101,105)(H,102,106)/t89-,90-/m1/s1. The molecule has 14 heteroatoms. The molecule has 674 valence electrons. The van der Waals surface area contributed by atoms with Gasteiger partial charge in [0.05, 0.1) is 10.8 Å². The van der Waals surface area contributed by atoms with E-state index in [9.17, 15) is 28.8 Å². The normalized spacial score (nSPS) is 12.5. The van der Waals surface area contributed by atoms with Gasteiger partial charge in [-0.25, -0.2) is 0 Å². The van der Waals surface area contributed by atoms with E-state index in [-0.39, 0.29) is 72.9 Å². The summed E-state index contributed by atoms with van der Waals surface area (Å²) < 4.78 is 24.7. The molecule has 114 heavy (non-hydrogen) atoms. The second-order valence-electron chi connectivity index (χ2n) is 36.4. The molecular weight excluding hydrogens is 1420 g/mol. The quantitative estimate of drug-likeness (QED) is 0.0336. The summed E-state index contributed by atoms with van der Waals surface area (Å²) in [6.45, 7) is 32.0. The first kappa shape index (κ1) is 111. The number of nitrogens with zero attached hydrogens (tertiary/aromatic N) is 2. The number of ether oxygens (including phenoxy) is 4. The molecule has 0 unspecified atom stereocenters. The van der Waals surface area contributed by atoms with Gasteiger partial charge in [0.1, 0.15) is 24.4 Å². The molecular formula is C100H194N4O10. The van der Waals surface area contributed by atoms with Gasteiger partial charge < -0.3 is 39.4 Å². The summed E-state index contributed by atoms with van der Waals surface area (Å²) in [4.78, 5) is 85.4. The highest BCUT2D eigenvalue weighted by Gasteiger charge is 2.32. The van der Waals surface area contributed by atoms with E-state index >= 15 is 0 Å². The molecule has 0 fully saturated rings. The van der Waals surface area contributed by atoms with Crippen molar-refractivity contribution in [3.63, 3.8) is 0 Å². The van der Waals surface area contributed by atoms with E-state index in [0.717, 1.165) is 219 Å². The molecule has 0 saturated carbocycles. The van der Waals surface area contributed by atoms with Crippen LogP contribution < -0.4 is 10.6 Å². The molecule has 0 aliphatic carbocycles. The molecule has 0 bridgehead atoms. The van der Waals surface area contributed by atoms with Crippen LogP contribution in [-0.2, 0) is 47.7 Å². The van der Waals surface area contributed by atoms with E-state index in [1.165, 1.54) is 218 Å². The Morgan fingerprint density at radius 2 is 0.465 bits per heavy atom. The molecule has 14 nitrogen and oxygen atoms in total. The fraction of sp³-hybridized carbons (Fsp3) is 0.940. The predicted molar refractivity (Wildman–Crippen MR) is 485 cm³/mol. The van der Waals surface area contributed by atoms with Gasteiger partial charge in [0.15, 0.2) is 0 Å². The van der Waals surface area contributed by atoms with Crippen molar-refractivity contribution >= 4 is 35.7 Å². The number of rotatable bonds is 89.